The molecule has 0 aliphatic rings. The van der Waals surface area contributed by atoms with Crippen molar-refractivity contribution in [3.8, 4) is 0 Å². The molecule has 0 heterocycles. The Bertz CT molecular complexity index is 1150. The number of nitrogens with one attached hydrogen (secondary N) is 3. The van der Waals surface area contributed by atoms with Gasteiger partial charge in [0.15, 0.2) is 0 Å². The fraction of sp³-hybridized carbons (Fsp3) is 0. The van der Waals surface area contributed by atoms with Gasteiger partial charge in [-0.05, 0) is 54.6 Å². The first-order valence-electron chi connectivity index (χ1n) is 8.85. The zero-order valence-corrected chi connectivity index (χ0v) is 17.4. The number of carbonyl (C=O) groups excluding carboxylic acids is 3. The van der Waals surface area contributed by atoms with Crippen molar-refractivity contribution < 1.29 is 19.3 Å². The number of amides is 3. The van der Waals surface area contributed by atoms with Crippen molar-refractivity contribution >= 4 is 45.0 Å². The summed E-state index contributed by atoms with van der Waals surface area (Å²) in [4.78, 5) is 46.8. The molecule has 3 aromatic carbocycles. The van der Waals surface area contributed by atoms with Crippen LogP contribution in [-0.4, -0.2) is 22.6 Å². The lowest BCUT2D eigenvalue weighted by Gasteiger charge is -2.09. The van der Waals surface area contributed by atoms with E-state index in [4.69, 9.17) is 0 Å². The van der Waals surface area contributed by atoms with Crippen LogP contribution in [0.3, 0.4) is 0 Å². The van der Waals surface area contributed by atoms with Gasteiger partial charge >= 0.3 is 0 Å². The maximum Gasteiger partial charge on any atom is 0.269 e. The van der Waals surface area contributed by atoms with Gasteiger partial charge in [0.1, 0.15) is 0 Å². The topological polar surface area (TPSA) is 130 Å². The molecule has 0 atom stereocenters. The summed E-state index contributed by atoms with van der Waals surface area (Å²) in [5.74, 6) is -1.57. The number of non-ortho nitro benzene ring substituents is 1. The molecule has 0 aliphatic heterocycles. The molecule has 3 N–H and O–H groups in total. The Morgan fingerprint density at radius 3 is 1.90 bits per heavy atom. The molecule has 9 nitrogen and oxygen atoms in total. The Kier molecular flexibility index (Phi) is 6.73. The summed E-state index contributed by atoms with van der Waals surface area (Å²) < 4.78 is 0.846. The number of hydrazine groups is 1. The highest BCUT2D eigenvalue weighted by atomic mass is 79.9. The van der Waals surface area contributed by atoms with Gasteiger partial charge < -0.3 is 5.32 Å². The molecule has 0 fully saturated rings. The Balaban J connectivity index is 1.60. The highest BCUT2D eigenvalue weighted by molar-refractivity contribution is 9.10. The molecule has 0 aliphatic carbocycles. The highest BCUT2D eigenvalue weighted by Crippen LogP contribution is 2.15. The van der Waals surface area contributed by atoms with Gasteiger partial charge in [-0.15, -0.1) is 0 Å². The molecule has 3 aromatic rings. The normalized spacial score (nSPS) is 10.1. The lowest BCUT2D eigenvalue weighted by Crippen LogP contribution is -2.41. The van der Waals surface area contributed by atoms with E-state index < -0.39 is 16.7 Å². The molecule has 0 radical (unpaired) electrons. The van der Waals surface area contributed by atoms with Crippen molar-refractivity contribution in [3.05, 3.63) is 104 Å². The minimum atomic E-state index is -0.636. The number of nitro groups is 1. The highest BCUT2D eigenvalue weighted by Gasteiger charge is 2.12. The number of rotatable bonds is 5. The van der Waals surface area contributed by atoms with Gasteiger partial charge in [0, 0.05) is 39.0 Å². The van der Waals surface area contributed by atoms with Crippen LogP contribution in [0.5, 0.6) is 0 Å². The van der Waals surface area contributed by atoms with Gasteiger partial charge in [-0.2, -0.15) is 0 Å². The Morgan fingerprint density at radius 1 is 0.742 bits per heavy atom. The number of hydrogen-bond acceptors (Lipinski definition) is 5. The van der Waals surface area contributed by atoms with E-state index in [1.54, 1.807) is 36.4 Å². The van der Waals surface area contributed by atoms with E-state index in [0.29, 0.717) is 11.3 Å². The number of carbonyl (C=O) groups is 3. The third-order valence-electron chi connectivity index (χ3n) is 4.12. The molecule has 0 unspecified atom stereocenters. The van der Waals surface area contributed by atoms with Crippen LogP contribution >= 0.6 is 15.9 Å². The summed E-state index contributed by atoms with van der Waals surface area (Å²) >= 11 is 3.30. The molecule has 0 saturated heterocycles. The van der Waals surface area contributed by atoms with Gasteiger partial charge in [0.05, 0.1) is 4.92 Å². The third kappa shape index (κ3) is 5.73. The number of halogens is 1. The monoisotopic (exact) mass is 482 g/mol. The van der Waals surface area contributed by atoms with Crippen LogP contribution in [0.4, 0.5) is 11.4 Å². The van der Waals surface area contributed by atoms with Crippen LogP contribution in [0.15, 0.2) is 77.3 Å². The first kappa shape index (κ1) is 21.7. The average molecular weight is 483 g/mol. The lowest BCUT2D eigenvalue weighted by atomic mass is 10.1. The fourth-order valence-electron chi connectivity index (χ4n) is 2.54. The van der Waals surface area contributed by atoms with Crippen molar-refractivity contribution in [2.24, 2.45) is 0 Å². The summed E-state index contributed by atoms with van der Waals surface area (Å²) in [6.07, 6.45) is 0. The Labute approximate surface area is 184 Å². The third-order valence-corrected chi connectivity index (χ3v) is 4.65. The summed E-state index contributed by atoms with van der Waals surface area (Å²) in [6.45, 7) is 0. The second kappa shape index (κ2) is 9.63. The van der Waals surface area contributed by atoms with Crippen LogP contribution in [0.2, 0.25) is 0 Å². The standard InChI is InChI=1S/C21H15BrN4O5/c22-16-8-4-13(5-9-16)19(27)23-17-3-1-2-15(12-17)21(29)25-24-20(28)14-6-10-18(11-7-14)26(30)31/h1-12H,(H,23,27)(H,24,28)(H,25,29). The van der Waals surface area contributed by atoms with Crippen LogP contribution in [0.1, 0.15) is 31.1 Å². The first-order chi connectivity index (χ1) is 14.8. The molecule has 0 spiro atoms. The van der Waals surface area contributed by atoms with Crippen LogP contribution in [-0.2, 0) is 0 Å². The maximum absolute atomic E-state index is 12.3. The molecule has 0 saturated carbocycles. The Morgan fingerprint density at radius 2 is 1.29 bits per heavy atom. The number of anilines is 1. The average Bonchev–Trinajstić information content (AvgIpc) is 2.77. The van der Waals surface area contributed by atoms with E-state index in [1.807, 2.05) is 0 Å². The van der Waals surface area contributed by atoms with E-state index in [0.717, 1.165) is 4.47 Å². The van der Waals surface area contributed by atoms with Crippen molar-refractivity contribution in [2.75, 3.05) is 5.32 Å². The van der Waals surface area contributed by atoms with Gasteiger partial charge in [0.25, 0.3) is 23.4 Å². The van der Waals surface area contributed by atoms with Crippen molar-refractivity contribution in [1.82, 2.24) is 10.9 Å². The quantitative estimate of drug-likeness (QED) is 0.377. The summed E-state index contributed by atoms with van der Waals surface area (Å²) in [5, 5.41) is 13.4. The summed E-state index contributed by atoms with van der Waals surface area (Å²) in [7, 11) is 0. The number of nitro benzene ring substituents is 1. The fourth-order valence-corrected chi connectivity index (χ4v) is 2.80. The number of benzene rings is 3. The first-order valence-corrected chi connectivity index (χ1v) is 9.65. The van der Waals surface area contributed by atoms with Gasteiger partial charge in [-0.3, -0.25) is 35.3 Å². The molecule has 0 bridgehead atoms. The second-order valence-corrected chi connectivity index (χ2v) is 7.17. The van der Waals surface area contributed by atoms with E-state index in [2.05, 4.69) is 32.1 Å². The van der Waals surface area contributed by atoms with Crippen LogP contribution in [0, 0.1) is 10.1 Å². The summed E-state index contributed by atoms with van der Waals surface area (Å²) in [6, 6.07) is 17.9. The zero-order chi connectivity index (χ0) is 22.4. The predicted molar refractivity (Wildman–Crippen MR) is 117 cm³/mol. The van der Waals surface area contributed by atoms with E-state index in [1.165, 1.54) is 36.4 Å². The zero-order valence-electron chi connectivity index (χ0n) is 15.8. The summed E-state index contributed by atoms with van der Waals surface area (Å²) in [5.41, 5.74) is 5.55. The van der Waals surface area contributed by atoms with Crippen molar-refractivity contribution in [2.45, 2.75) is 0 Å². The second-order valence-electron chi connectivity index (χ2n) is 6.25. The molecule has 156 valence electrons. The van der Waals surface area contributed by atoms with E-state index in [-0.39, 0.29) is 22.7 Å². The van der Waals surface area contributed by atoms with Gasteiger partial charge in [0.2, 0.25) is 0 Å². The molecular formula is C21H15BrN4O5. The van der Waals surface area contributed by atoms with Crippen molar-refractivity contribution in [1.29, 1.82) is 0 Å². The molecular weight excluding hydrogens is 468 g/mol. The lowest BCUT2D eigenvalue weighted by molar-refractivity contribution is -0.384. The minimum Gasteiger partial charge on any atom is -0.322 e. The molecule has 3 amide bonds. The van der Waals surface area contributed by atoms with Crippen LogP contribution < -0.4 is 16.2 Å². The van der Waals surface area contributed by atoms with E-state index in [9.17, 15) is 24.5 Å². The Hall–Kier alpha value is -4.05. The smallest absolute Gasteiger partial charge is 0.269 e. The number of nitrogens with zero attached hydrogens (tertiary/aromatic N) is 1. The maximum atomic E-state index is 12.3. The molecule has 10 heteroatoms. The molecule has 0 aromatic heterocycles. The molecule has 3 rings (SSSR count). The molecule has 31 heavy (non-hydrogen) atoms. The largest absolute Gasteiger partial charge is 0.322 e. The SMILES string of the molecule is O=C(NNC(=O)c1cccc(NC(=O)c2ccc(Br)cc2)c1)c1ccc([N+](=O)[O-])cc1. The minimum absolute atomic E-state index is 0.140. The predicted octanol–water partition coefficient (Wildman–Crippen LogP) is 3.68. The van der Waals surface area contributed by atoms with Gasteiger partial charge in [-0.1, -0.05) is 22.0 Å². The van der Waals surface area contributed by atoms with E-state index >= 15 is 0 Å². The number of hydrogen-bond donors (Lipinski definition) is 3. The van der Waals surface area contributed by atoms with Gasteiger partial charge in [-0.25, -0.2) is 0 Å². The van der Waals surface area contributed by atoms with Crippen LogP contribution in [0.25, 0.3) is 0 Å². The van der Waals surface area contributed by atoms with Crippen molar-refractivity contribution in [3.63, 3.8) is 0 Å².